The van der Waals surface area contributed by atoms with E-state index in [0.29, 0.717) is 54.6 Å². The first-order valence-electron chi connectivity index (χ1n) is 12.5. The van der Waals surface area contributed by atoms with E-state index in [1.807, 2.05) is 41.3 Å². The van der Waals surface area contributed by atoms with E-state index in [2.05, 4.69) is 4.90 Å². The number of methoxy groups -OCH3 is 1. The van der Waals surface area contributed by atoms with Crippen LogP contribution in [0.2, 0.25) is 0 Å². The van der Waals surface area contributed by atoms with Crippen LogP contribution in [0.15, 0.2) is 60.7 Å². The van der Waals surface area contributed by atoms with E-state index in [0.717, 1.165) is 41.7 Å². The van der Waals surface area contributed by atoms with Gasteiger partial charge >= 0.3 is 0 Å². The highest BCUT2D eigenvalue weighted by Crippen LogP contribution is 2.39. The largest absolute Gasteiger partial charge is 0.497 e. The average molecular weight is 499 g/mol. The molecule has 2 aliphatic heterocycles. The summed E-state index contributed by atoms with van der Waals surface area (Å²) in [4.78, 5) is 27.1. The number of aromatic nitrogens is 2. The zero-order valence-corrected chi connectivity index (χ0v) is 20.6. The van der Waals surface area contributed by atoms with Crippen molar-refractivity contribution in [3.05, 3.63) is 77.6 Å². The van der Waals surface area contributed by atoms with Crippen molar-refractivity contribution in [3.63, 3.8) is 0 Å². The molecule has 3 aromatic carbocycles. The lowest BCUT2D eigenvalue weighted by molar-refractivity contribution is 0.0303. The van der Waals surface area contributed by atoms with Crippen molar-refractivity contribution in [2.24, 2.45) is 0 Å². The molecular formula is C29H27FN4O3. The number of benzene rings is 3. The van der Waals surface area contributed by atoms with Gasteiger partial charge in [-0.25, -0.2) is 14.4 Å². The smallest absolute Gasteiger partial charge is 0.254 e. The minimum atomic E-state index is -0.301. The Morgan fingerprint density at radius 2 is 1.76 bits per heavy atom. The molecule has 7 nitrogen and oxygen atoms in total. The van der Waals surface area contributed by atoms with Gasteiger partial charge < -0.3 is 19.3 Å². The fraction of sp³-hybridized carbons (Fsp3) is 0.276. The van der Waals surface area contributed by atoms with Gasteiger partial charge in [0.25, 0.3) is 5.91 Å². The van der Waals surface area contributed by atoms with Gasteiger partial charge in [0, 0.05) is 42.5 Å². The molecule has 2 aliphatic rings. The second kappa shape index (κ2) is 9.78. The third-order valence-electron chi connectivity index (χ3n) is 6.97. The number of amides is 1. The fourth-order valence-electron chi connectivity index (χ4n) is 5.04. The van der Waals surface area contributed by atoms with Crippen LogP contribution in [0, 0.1) is 5.82 Å². The Hall–Kier alpha value is -4.04. The van der Waals surface area contributed by atoms with E-state index in [4.69, 9.17) is 19.4 Å². The third kappa shape index (κ3) is 4.49. The zero-order chi connectivity index (χ0) is 25.4. The molecule has 8 heteroatoms. The molecule has 1 amide bonds. The number of ether oxygens (including phenoxy) is 2. The van der Waals surface area contributed by atoms with E-state index in [9.17, 15) is 9.18 Å². The number of carbonyl (C=O) groups excluding carboxylic acids is 1. The summed E-state index contributed by atoms with van der Waals surface area (Å²) < 4.78 is 24.5. The first kappa shape index (κ1) is 23.4. The van der Waals surface area contributed by atoms with Crippen molar-refractivity contribution < 1.29 is 18.7 Å². The normalized spacial score (nSPS) is 15.5. The third-order valence-corrected chi connectivity index (χ3v) is 6.97. The molecule has 188 valence electrons. The number of nitrogens with zero attached hydrogens (tertiary/aromatic N) is 4. The van der Waals surface area contributed by atoms with Gasteiger partial charge in [-0.15, -0.1) is 0 Å². The molecule has 1 saturated heterocycles. The van der Waals surface area contributed by atoms with Crippen LogP contribution >= 0.6 is 0 Å². The van der Waals surface area contributed by atoms with Crippen molar-refractivity contribution in [2.45, 2.75) is 12.8 Å². The molecule has 6 rings (SSSR count). The Morgan fingerprint density at radius 3 is 2.54 bits per heavy atom. The molecule has 0 aliphatic carbocycles. The van der Waals surface area contributed by atoms with Crippen LogP contribution in [0.1, 0.15) is 22.3 Å². The monoisotopic (exact) mass is 498 g/mol. The molecule has 0 saturated carbocycles. The lowest BCUT2D eigenvalue weighted by atomic mass is 9.98. The van der Waals surface area contributed by atoms with Crippen LogP contribution < -0.4 is 9.64 Å². The van der Waals surface area contributed by atoms with E-state index >= 15 is 0 Å². The minimum absolute atomic E-state index is 0.0350. The summed E-state index contributed by atoms with van der Waals surface area (Å²) in [6.45, 7) is 3.12. The summed E-state index contributed by atoms with van der Waals surface area (Å²) in [6, 6.07) is 17.8. The molecular weight excluding hydrogens is 471 g/mol. The van der Waals surface area contributed by atoms with Gasteiger partial charge in [0.2, 0.25) is 0 Å². The molecule has 0 unspecified atom stereocenters. The highest BCUT2D eigenvalue weighted by Gasteiger charge is 2.26. The van der Waals surface area contributed by atoms with Crippen molar-refractivity contribution in [1.29, 1.82) is 0 Å². The number of hydrogen-bond donors (Lipinski definition) is 0. The molecule has 3 heterocycles. The predicted octanol–water partition coefficient (Wildman–Crippen LogP) is 5.00. The molecule has 0 spiro atoms. The van der Waals surface area contributed by atoms with E-state index in [-0.39, 0.29) is 11.7 Å². The van der Waals surface area contributed by atoms with Gasteiger partial charge in [0.15, 0.2) is 5.82 Å². The molecule has 0 radical (unpaired) electrons. The quantitative estimate of drug-likeness (QED) is 0.395. The van der Waals surface area contributed by atoms with Crippen molar-refractivity contribution in [3.8, 4) is 17.0 Å². The number of morpholine rings is 1. The number of aryl methyl sites for hydroxylation is 1. The molecule has 1 fully saturated rings. The SMILES string of the molecule is COc1ccc2nc(-c3ccc(F)cc3)c(N3CCCc4cc(C(=O)N5CCOCC5)ccc43)nc2c1. The van der Waals surface area contributed by atoms with Crippen LogP contribution in [-0.4, -0.2) is 60.7 Å². The van der Waals surface area contributed by atoms with Gasteiger partial charge in [0.1, 0.15) is 17.3 Å². The number of rotatable bonds is 4. The summed E-state index contributed by atoms with van der Waals surface area (Å²) in [5, 5.41) is 0. The molecule has 0 atom stereocenters. The van der Waals surface area contributed by atoms with Crippen molar-refractivity contribution >= 4 is 28.4 Å². The number of halogens is 1. The first-order chi connectivity index (χ1) is 18.1. The summed E-state index contributed by atoms with van der Waals surface area (Å²) in [6.07, 6.45) is 1.78. The van der Waals surface area contributed by atoms with Gasteiger partial charge in [-0.3, -0.25) is 4.79 Å². The van der Waals surface area contributed by atoms with Crippen LogP contribution in [0.5, 0.6) is 5.75 Å². The van der Waals surface area contributed by atoms with Gasteiger partial charge in [0.05, 0.1) is 31.4 Å². The maximum absolute atomic E-state index is 13.7. The lowest BCUT2D eigenvalue weighted by Crippen LogP contribution is -2.40. The minimum Gasteiger partial charge on any atom is -0.497 e. The summed E-state index contributed by atoms with van der Waals surface area (Å²) >= 11 is 0. The second-order valence-corrected chi connectivity index (χ2v) is 9.26. The maximum atomic E-state index is 13.7. The highest BCUT2D eigenvalue weighted by atomic mass is 19.1. The standard InChI is InChI=1S/C29H27FN4O3/c1-36-23-9-10-24-25(18-23)32-28(27(31-24)19-4-7-22(30)8-5-19)34-12-2-3-20-17-21(6-11-26(20)34)29(35)33-13-15-37-16-14-33/h4-11,17-18H,2-3,12-16H2,1H3. The Morgan fingerprint density at radius 1 is 0.946 bits per heavy atom. The average Bonchev–Trinajstić information content (AvgIpc) is 2.96. The molecule has 0 bridgehead atoms. The van der Waals surface area contributed by atoms with E-state index in [1.54, 1.807) is 19.2 Å². The molecule has 4 aromatic rings. The van der Waals surface area contributed by atoms with Crippen LogP contribution in [0.3, 0.4) is 0 Å². The Bertz CT molecular complexity index is 1470. The van der Waals surface area contributed by atoms with Gasteiger partial charge in [-0.05, 0) is 73.0 Å². The molecule has 37 heavy (non-hydrogen) atoms. The first-order valence-corrected chi connectivity index (χ1v) is 12.5. The van der Waals surface area contributed by atoms with Crippen molar-refractivity contribution in [1.82, 2.24) is 14.9 Å². The fourth-order valence-corrected chi connectivity index (χ4v) is 5.04. The second-order valence-electron chi connectivity index (χ2n) is 9.26. The van der Waals surface area contributed by atoms with Crippen molar-refractivity contribution in [2.75, 3.05) is 44.9 Å². The number of anilines is 2. The summed E-state index contributed by atoms with van der Waals surface area (Å²) in [5.74, 6) is 1.13. The van der Waals surface area contributed by atoms with Crippen LogP contribution in [0.4, 0.5) is 15.9 Å². The topological polar surface area (TPSA) is 67.8 Å². The number of fused-ring (bicyclic) bond motifs is 2. The maximum Gasteiger partial charge on any atom is 0.254 e. The van der Waals surface area contributed by atoms with Crippen LogP contribution in [-0.2, 0) is 11.2 Å². The predicted molar refractivity (Wildman–Crippen MR) is 140 cm³/mol. The summed E-state index contributed by atoms with van der Waals surface area (Å²) in [5.41, 5.74) is 5.70. The van der Waals surface area contributed by atoms with Crippen LogP contribution in [0.25, 0.3) is 22.3 Å². The Labute approximate surface area is 214 Å². The highest BCUT2D eigenvalue weighted by molar-refractivity contribution is 5.95. The van der Waals surface area contributed by atoms with Gasteiger partial charge in [-0.2, -0.15) is 0 Å². The number of hydrogen-bond acceptors (Lipinski definition) is 6. The van der Waals surface area contributed by atoms with E-state index < -0.39 is 0 Å². The van der Waals surface area contributed by atoms with Gasteiger partial charge in [-0.1, -0.05) is 0 Å². The lowest BCUT2D eigenvalue weighted by Gasteiger charge is -2.32. The Balaban J connectivity index is 1.45. The molecule has 0 N–H and O–H groups in total. The number of carbonyl (C=O) groups is 1. The summed E-state index contributed by atoms with van der Waals surface area (Å²) in [7, 11) is 1.62. The van der Waals surface area contributed by atoms with E-state index in [1.165, 1.54) is 12.1 Å². The molecule has 1 aromatic heterocycles. The Kier molecular flexibility index (Phi) is 6.18. The zero-order valence-electron chi connectivity index (χ0n) is 20.6.